The third-order valence-corrected chi connectivity index (χ3v) is 3.81. The van der Waals surface area contributed by atoms with Crippen LogP contribution in [0.2, 0.25) is 0 Å². The van der Waals surface area contributed by atoms with E-state index < -0.39 is 29.7 Å². The van der Waals surface area contributed by atoms with Crippen LogP contribution in [0.15, 0.2) is 54.6 Å². The van der Waals surface area contributed by atoms with Gasteiger partial charge in [-0.25, -0.2) is 0 Å². The molecule has 0 saturated carbocycles. The molecule has 2 aromatic carbocycles. The normalized spacial score (nSPS) is 11.4. The van der Waals surface area contributed by atoms with E-state index in [9.17, 15) is 14.4 Å². The summed E-state index contributed by atoms with van der Waals surface area (Å²) in [7, 11) is 0. The maximum Gasteiger partial charge on any atom is 0.333 e. The van der Waals surface area contributed by atoms with Crippen molar-refractivity contribution in [3.63, 3.8) is 0 Å². The van der Waals surface area contributed by atoms with Gasteiger partial charge in [0.05, 0.1) is 0 Å². The molecule has 128 valence electrons. The third-order valence-electron chi connectivity index (χ3n) is 3.81. The Balaban J connectivity index is 2.21. The number of aliphatic carboxylic acids is 3. The Morgan fingerprint density at radius 1 is 0.720 bits per heavy atom. The summed E-state index contributed by atoms with van der Waals surface area (Å²) in [5, 5.41) is 27.4. The van der Waals surface area contributed by atoms with E-state index in [0.29, 0.717) is 5.56 Å². The monoisotopic (exact) mass is 340 g/mol. The Morgan fingerprint density at radius 3 is 1.60 bits per heavy atom. The topological polar surface area (TPSA) is 112 Å². The summed E-state index contributed by atoms with van der Waals surface area (Å²) in [5.74, 6) is -5.71. The third kappa shape index (κ3) is 3.92. The first kappa shape index (κ1) is 17.9. The highest BCUT2D eigenvalue weighted by Crippen LogP contribution is 2.25. The molecule has 0 aliphatic heterocycles. The highest BCUT2D eigenvalue weighted by Gasteiger charge is 2.54. The number of benzene rings is 2. The highest BCUT2D eigenvalue weighted by atomic mass is 16.4. The van der Waals surface area contributed by atoms with Gasteiger partial charge in [0.1, 0.15) is 0 Å². The van der Waals surface area contributed by atoms with Crippen LogP contribution >= 0.6 is 0 Å². The molecule has 3 N–H and O–H groups in total. The van der Waals surface area contributed by atoms with E-state index in [1.807, 2.05) is 42.5 Å². The zero-order chi connectivity index (χ0) is 18.4. The van der Waals surface area contributed by atoms with Crippen LogP contribution in [0.25, 0.3) is 12.2 Å². The second kappa shape index (κ2) is 7.44. The Morgan fingerprint density at radius 2 is 1.16 bits per heavy atom. The van der Waals surface area contributed by atoms with E-state index in [1.165, 1.54) is 12.1 Å². The number of carboxylic acid groups (broad SMARTS) is 3. The zero-order valence-corrected chi connectivity index (χ0v) is 13.1. The summed E-state index contributed by atoms with van der Waals surface area (Å²) >= 11 is 0. The van der Waals surface area contributed by atoms with Gasteiger partial charge in [0.25, 0.3) is 5.41 Å². The maximum absolute atomic E-state index is 11.3. The minimum Gasteiger partial charge on any atom is -0.480 e. The number of carbonyl (C=O) groups is 3. The van der Waals surface area contributed by atoms with Crippen molar-refractivity contribution in [2.45, 2.75) is 6.42 Å². The molecule has 0 atom stereocenters. The Kier molecular flexibility index (Phi) is 5.34. The first-order valence-electron chi connectivity index (χ1n) is 7.38. The summed E-state index contributed by atoms with van der Waals surface area (Å²) in [5.41, 5.74) is -0.766. The largest absolute Gasteiger partial charge is 0.480 e. The van der Waals surface area contributed by atoms with Gasteiger partial charge < -0.3 is 15.3 Å². The van der Waals surface area contributed by atoms with Crippen LogP contribution in [0.3, 0.4) is 0 Å². The molecular formula is C19H16O6. The summed E-state index contributed by atoms with van der Waals surface area (Å²) in [6.45, 7) is 0. The average molecular weight is 340 g/mol. The lowest BCUT2D eigenvalue weighted by Gasteiger charge is -2.20. The highest BCUT2D eigenvalue weighted by molar-refractivity contribution is 6.16. The lowest BCUT2D eigenvalue weighted by atomic mass is 9.81. The Bertz CT molecular complexity index is 770. The van der Waals surface area contributed by atoms with Gasteiger partial charge in [-0.3, -0.25) is 14.4 Å². The standard InChI is InChI=1S/C19H16O6/c20-16(21)19(17(22)23,18(24)25)12-15-10-8-14(9-11-15)7-6-13-4-2-1-3-5-13/h1-11H,12H2,(H,20,21)(H,22,23)(H,24,25). The molecule has 0 bridgehead atoms. The van der Waals surface area contributed by atoms with E-state index in [0.717, 1.165) is 11.1 Å². The molecular weight excluding hydrogens is 324 g/mol. The average Bonchev–Trinajstić information content (AvgIpc) is 2.59. The molecule has 0 radical (unpaired) electrons. The molecule has 0 spiro atoms. The molecule has 0 fully saturated rings. The van der Waals surface area contributed by atoms with E-state index in [4.69, 9.17) is 15.3 Å². The van der Waals surface area contributed by atoms with E-state index in [2.05, 4.69) is 0 Å². The van der Waals surface area contributed by atoms with Gasteiger partial charge in [-0.05, 0) is 16.7 Å². The summed E-state index contributed by atoms with van der Waals surface area (Å²) < 4.78 is 0. The Hall–Kier alpha value is -3.41. The molecule has 0 aliphatic rings. The summed E-state index contributed by atoms with van der Waals surface area (Å²) in [4.78, 5) is 33.8. The Labute approximate surface area is 143 Å². The molecule has 0 heterocycles. The second-order valence-corrected chi connectivity index (χ2v) is 5.48. The summed E-state index contributed by atoms with van der Waals surface area (Å²) in [6.07, 6.45) is 3.10. The van der Waals surface area contributed by atoms with E-state index >= 15 is 0 Å². The van der Waals surface area contributed by atoms with Crippen LogP contribution in [-0.2, 0) is 20.8 Å². The minimum atomic E-state index is -2.90. The lowest BCUT2D eigenvalue weighted by molar-refractivity contribution is -0.175. The van der Waals surface area contributed by atoms with Crippen molar-refractivity contribution < 1.29 is 29.7 Å². The number of hydrogen-bond acceptors (Lipinski definition) is 3. The van der Waals surface area contributed by atoms with Crippen molar-refractivity contribution in [2.75, 3.05) is 0 Å². The van der Waals surface area contributed by atoms with Gasteiger partial charge in [0.15, 0.2) is 0 Å². The fourth-order valence-corrected chi connectivity index (χ4v) is 2.31. The van der Waals surface area contributed by atoms with Gasteiger partial charge in [-0.1, -0.05) is 66.7 Å². The van der Waals surface area contributed by atoms with Gasteiger partial charge in [0, 0.05) is 6.42 Å². The van der Waals surface area contributed by atoms with Crippen molar-refractivity contribution in [1.82, 2.24) is 0 Å². The van der Waals surface area contributed by atoms with Crippen molar-refractivity contribution in [1.29, 1.82) is 0 Å². The van der Waals surface area contributed by atoms with Crippen molar-refractivity contribution in [3.8, 4) is 0 Å². The van der Waals surface area contributed by atoms with Crippen molar-refractivity contribution in [2.24, 2.45) is 5.41 Å². The van der Waals surface area contributed by atoms with Crippen LogP contribution < -0.4 is 0 Å². The molecule has 0 amide bonds. The smallest absolute Gasteiger partial charge is 0.333 e. The fraction of sp³-hybridized carbons (Fsp3) is 0.105. The lowest BCUT2D eigenvalue weighted by Crippen LogP contribution is -2.48. The van der Waals surface area contributed by atoms with Crippen molar-refractivity contribution in [3.05, 3.63) is 71.3 Å². The van der Waals surface area contributed by atoms with E-state index in [1.54, 1.807) is 12.1 Å². The molecule has 6 heteroatoms. The molecule has 2 aromatic rings. The van der Waals surface area contributed by atoms with Crippen LogP contribution in [-0.4, -0.2) is 33.2 Å². The molecule has 6 nitrogen and oxygen atoms in total. The van der Waals surface area contributed by atoms with Crippen molar-refractivity contribution >= 4 is 30.1 Å². The molecule has 0 aliphatic carbocycles. The van der Waals surface area contributed by atoms with Crippen LogP contribution in [0.4, 0.5) is 0 Å². The second-order valence-electron chi connectivity index (χ2n) is 5.48. The van der Waals surface area contributed by atoms with E-state index in [-0.39, 0.29) is 0 Å². The quantitative estimate of drug-likeness (QED) is 0.528. The molecule has 0 saturated heterocycles. The fourth-order valence-electron chi connectivity index (χ4n) is 2.31. The predicted molar refractivity (Wildman–Crippen MR) is 90.9 cm³/mol. The van der Waals surface area contributed by atoms with Gasteiger partial charge in [0.2, 0.25) is 0 Å². The van der Waals surface area contributed by atoms with Gasteiger partial charge >= 0.3 is 17.9 Å². The maximum atomic E-state index is 11.3. The van der Waals surface area contributed by atoms with Crippen LogP contribution in [0, 0.1) is 5.41 Å². The van der Waals surface area contributed by atoms with Crippen LogP contribution in [0.5, 0.6) is 0 Å². The van der Waals surface area contributed by atoms with Gasteiger partial charge in [-0.15, -0.1) is 0 Å². The first-order valence-corrected chi connectivity index (χ1v) is 7.38. The number of carboxylic acids is 3. The number of rotatable bonds is 7. The molecule has 0 aromatic heterocycles. The minimum absolute atomic E-state index is 0.309. The first-order chi connectivity index (χ1) is 11.9. The molecule has 0 unspecified atom stereocenters. The summed E-state index contributed by atoms with van der Waals surface area (Å²) in [6, 6.07) is 16.0. The van der Waals surface area contributed by atoms with Crippen LogP contribution in [0.1, 0.15) is 16.7 Å². The zero-order valence-electron chi connectivity index (χ0n) is 13.1. The van der Waals surface area contributed by atoms with Gasteiger partial charge in [-0.2, -0.15) is 0 Å². The molecule has 2 rings (SSSR count). The molecule has 25 heavy (non-hydrogen) atoms. The number of hydrogen-bond donors (Lipinski definition) is 3. The predicted octanol–water partition coefficient (Wildman–Crippen LogP) is 2.64. The SMILES string of the molecule is O=C(O)C(Cc1ccc(C=Cc2ccccc2)cc1)(C(=O)O)C(=O)O.